The Morgan fingerprint density at radius 2 is 1.78 bits per heavy atom. The molecule has 0 radical (unpaired) electrons. The fourth-order valence-electron chi connectivity index (χ4n) is 2.04. The number of benzene rings is 1. The largest absolute Gasteiger partial charge is 0.444 e. The van der Waals surface area contributed by atoms with E-state index in [-0.39, 0.29) is 0 Å². The minimum atomic E-state index is -3.69. The van der Waals surface area contributed by atoms with Gasteiger partial charge in [0.2, 0.25) is 0 Å². The molecule has 1 unspecified atom stereocenters. The molecule has 0 heterocycles. The van der Waals surface area contributed by atoms with Gasteiger partial charge in [0.25, 0.3) is 10.1 Å². The summed E-state index contributed by atoms with van der Waals surface area (Å²) in [6.07, 6.45) is 0.0448. The molecule has 6 nitrogen and oxygen atoms in total. The molecule has 2 atom stereocenters. The fraction of sp³-hybridized carbons (Fsp3) is 0.562. The van der Waals surface area contributed by atoms with Gasteiger partial charge >= 0.3 is 6.09 Å². The first kappa shape index (κ1) is 19.4. The third kappa shape index (κ3) is 7.47. The summed E-state index contributed by atoms with van der Waals surface area (Å²) >= 11 is 0. The summed E-state index contributed by atoms with van der Waals surface area (Å²) in [5, 5.41) is 2.69. The first-order valence-electron chi connectivity index (χ1n) is 7.44. The van der Waals surface area contributed by atoms with Crippen molar-refractivity contribution >= 4 is 16.2 Å². The standard InChI is InChI=1S/C16H25NO5S/c1-6-13(17-15(18)21-16(2,3)4)14(22-23(5,19)20)12-10-8-7-9-11-12/h7-11,13-14H,6H2,1-5H3,(H,17,18)/t13?,14-/m0/s1. The van der Waals surface area contributed by atoms with Crippen LogP contribution in [0.5, 0.6) is 0 Å². The minimum absolute atomic E-state index is 0.480. The zero-order valence-corrected chi connectivity index (χ0v) is 15.0. The van der Waals surface area contributed by atoms with Crippen molar-refractivity contribution in [3.8, 4) is 0 Å². The second-order valence-corrected chi connectivity index (χ2v) is 7.89. The van der Waals surface area contributed by atoms with Crippen molar-refractivity contribution in [1.29, 1.82) is 0 Å². The van der Waals surface area contributed by atoms with Crippen molar-refractivity contribution in [3.05, 3.63) is 35.9 Å². The molecule has 0 saturated heterocycles. The number of alkyl carbamates (subject to hydrolysis) is 1. The van der Waals surface area contributed by atoms with Crippen LogP contribution in [0.3, 0.4) is 0 Å². The van der Waals surface area contributed by atoms with E-state index in [2.05, 4.69) is 5.32 Å². The smallest absolute Gasteiger partial charge is 0.407 e. The molecule has 1 aromatic carbocycles. The Labute approximate surface area is 138 Å². The Bertz CT molecular complexity index is 607. The molecule has 7 heteroatoms. The second-order valence-electron chi connectivity index (χ2n) is 6.29. The lowest BCUT2D eigenvalue weighted by molar-refractivity contribution is 0.0444. The van der Waals surface area contributed by atoms with Gasteiger partial charge in [0.15, 0.2) is 0 Å². The van der Waals surface area contributed by atoms with Gasteiger partial charge in [-0.15, -0.1) is 0 Å². The molecule has 0 aliphatic heterocycles. The maximum atomic E-state index is 12.0. The van der Waals surface area contributed by atoms with E-state index in [1.165, 1.54) is 0 Å². The normalized spacial score (nSPS) is 14.8. The highest BCUT2D eigenvalue weighted by atomic mass is 32.2. The Morgan fingerprint density at radius 1 is 1.22 bits per heavy atom. The van der Waals surface area contributed by atoms with Crippen LogP contribution in [0.25, 0.3) is 0 Å². The van der Waals surface area contributed by atoms with Gasteiger partial charge in [0.1, 0.15) is 11.7 Å². The molecule has 1 aromatic rings. The van der Waals surface area contributed by atoms with Crippen LogP contribution in [-0.4, -0.2) is 32.4 Å². The number of carbonyl (C=O) groups excluding carboxylic acids is 1. The van der Waals surface area contributed by atoms with Crippen LogP contribution in [0, 0.1) is 0 Å². The van der Waals surface area contributed by atoms with E-state index in [1.807, 2.05) is 13.0 Å². The van der Waals surface area contributed by atoms with E-state index >= 15 is 0 Å². The molecular formula is C16H25NO5S. The molecule has 0 saturated carbocycles. The third-order valence-electron chi connectivity index (χ3n) is 2.91. The average molecular weight is 343 g/mol. The Kier molecular flexibility index (Phi) is 6.58. The number of hydrogen-bond donors (Lipinski definition) is 1. The molecule has 0 spiro atoms. The van der Waals surface area contributed by atoms with Gasteiger partial charge in [-0.25, -0.2) is 4.79 Å². The van der Waals surface area contributed by atoms with Crippen molar-refractivity contribution in [2.45, 2.75) is 51.9 Å². The zero-order valence-electron chi connectivity index (χ0n) is 14.2. The molecule has 1 rings (SSSR count). The molecule has 1 N–H and O–H groups in total. The van der Waals surface area contributed by atoms with Crippen LogP contribution < -0.4 is 5.32 Å². The van der Waals surface area contributed by atoms with Crippen LogP contribution in [-0.2, 0) is 19.0 Å². The van der Waals surface area contributed by atoms with Crippen molar-refractivity contribution in [2.24, 2.45) is 0 Å². The van der Waals surface area contributed by atoms with Gasteiger partial charge < -0.3 is 10.1 Å². The quantitative estimate of drug-likeness (QED) is 0.803. The van der Waals surface area contributed by atoms with E-state index in [0.717, 1.165) is 6.26 Å². The van der Waals surface area contributed by atoms with Gasteiger partial charge in [-0.2, -0.15) is 8.42 Å². The summed E-state index contributed by atoms with van der Waals surface area (Å²) in [6.45, 7) is 7.11. The summed E-state index contributed by atoms with van der Waals surface area (Å²) in [7, 11) is -3.69. The number of hydrogen-bond acceptors (Lipinski definition) is 5. The number of rotatable bonds is 6. The molecule has 0 aromatic heterocycles. The van der Waals surface area contributed by atoms with Gasteiger partial charge in [0.05, 0.1) is 12.3 Å². The molecule has 0 aliphatic carbocycles. The van der Waals surface area contributed by atoms with Crippen LogP contribution in [0.1, 0.15) is 45.8 Å². The number of amides is 1. The highest BCUT2D eigenvalue weighted by Gasteiger charge is 2.29. The lowest BCUT2D eigenvalue weighted by Gasteiger charge is -2.28. The van der Waals surface area contributed by atoms with Gasteiger partial charge in [0, 0.05) is 0 Å². The summed E-state index contributed by atoms with van der Waals surface area (Å²) in [5.41, 5.74) is 0.0308. The molecule has 0 bridgehead atoms. The van der Waals surface area contributed by atoms with E-state index < -0.39 is 34.0 Å². The summed E-state index contributed by atoms with van der Waals surface area (Å²) in [6, 6.07) is 8.37. The molecule has 1 amide bonds. The van der Waals surface area contributed by atoms with Crippen molar-refractivity contribution in [2.75, 3.05) is 6.26 Å². The molecule has 0 aliphatic rings. The average Bonchev–Trinajstić information content (AvgIpc) is 2.40. The maximum Gasteiger partial charge on any atom is 0.407 e. The Morgan fingerprint density at radius 3 is 2.22 bits per heavy atom. The van der Waals surface area contributed by atoms with Crippen molar-refractivity contribution < 1.29 is 22.1 Å². The molecule has 0 fully saturated rings. The predicted octanol–water partition coefficient (Wildman–Crippen LogP) is 3.01. The lowest BCUT2D eigenvalue weighted by Crippen LogP contribution is -2.43. The van der Waals surface area contributed by atoms with Gasteiger partial charge in [-0.3, -0.25) is 4.18 Å². The van der Waals surface area contributed by atoms with Crippen LogP contribution >= 0.6 is 0 Å². The van der Waals surface area contributed by atoms with E-state index in [1.54, 1.807) is 45.0 Å². The van der Waals surface area contributed by atoms with E-state index in [9.17, 15) is 13.2 Å². The van der Waals surface area contributed by atoms with Crippen LogP contribution in [0.2, 0.25) is 0 Å². The highest BCUT2D eigenvalue weighted by molar-refractivity contribution is 7.86. The Balaban J connectivity index is 3.00. The Hall–Kier alpha value is -1.60. The van der Waals surface area contributed by atoms with E-state index in [0.29, 0.717) is 12.0 Å². The molecule has 23 heavy (non-hydrogen) atoms. The maximum absolute atomic E-state index is 12.0. The lowest BCUT2D eigenvalue weighted by atomic mass is 10.0. The number of ether oxygens (including phenoxy) is 1. The van der Waals surface area contributed by atoms with Crippen molar-refractivity contribution in [3.63, 3.8) is 0 Å². The summed E-state index contributed by atoms with van der Waals surface area (Å²) in [5.74, 6) is 0. The minimum Gasteiger partial charge on any atom is -0.444 e. The fourth-order valence-corrected chi connectivity index (χ4v) is 2.66. The van der Waals surface area contributed by atoms with Gasteiger partial charge in [-0.05, 0) is 32.8 Å². The predicted molar refractivity (Wildman–Crippen MR) is 88.6 cm³/mol. The summed E-state index contributed by atoms with van der Waals surface area (Å²) < 4.78 is 33.6. The summed E-state index contributed by atoms with van der Waals surface area (Å²) in [4.78, 5) is 12.0. The topological polar surface area (TPSA) is 81.7 Å². The monoisotopic (exact) mass is 343 g/mol. The SMILES string of the molecule is CCC(NC(=O)OC(C)(C)C)[C@@H](OS(C)(=O)=O)c1ccccc1. The van der Waals surface area contributed by atoms with Crippen LogP contribution in [0.4, 0.5) is 4.79 Å². The van der Waals surface area contributed by atoms with Crippen LogP contribution in [0.15, 0.2) is 30.3 Å². The third-order valence-corrected chi connectivity index (χ3v) is 3.47. The van der Waals surface area contributed by atoms with Crippen molar-refractivity contribution in [1.82, 2.24) is 5.32 Å². The first-order chi connectivity index (χ1) is 10.5. The zero-order chi connectivity index (χ0) is 17.7. The number of carbonyl (C=O) groups is 1. The van der Waals surface area contributed by atoms with Gasteiger partial charge in [-0.1, -0.05) is 37.3 Å². The highest BCUT2D eigenvalue weighted by Crippen LogP contribution is 2.25. The molecular weight excluding hydrogens is 318 g/mol. The first-order valence-corrected chi connectivity index (χ1v) is 9.26. The molecule has 130 valence electrons. The second kappa shape index (κ2) is 7.79. The van der Waals surface area contributed by atoms with E-state index in [4.69, 9.17) is 8.92 Å². The number of nitrogens with one attached hydrogen (secondary N) is 1.